The Bertz CT molecular complexity index is 890. The number of ether oxygens (including phenoxy) is 1. The third-order valence-electron chi connectivity index (χ3n) is 7.82. The predicted molar refractivity (Wildman–Crippen MR) is 108 cm³/mol. The highest BCUT2D eigenvalue weighted by molar-refractivity contribution is 5.91. The number of aliphatic hydroxyl groups excluding tert-OH is 1. The molecule has 3 heteroatoms. The molecule has 5 atom stereocenters. The summed E-state index contributed by atoms with van der Waals surface area (Å²) in [4.78, 5) is 12.4. The van der Waals surface area contributed by atoms with Crippen molar-refractivity contribution in [3.8, 4) is 5.75 Å². The molecule has 2 aromatic rings. The Hall–Kier alpha value is -2.13. The number of rotatable bonds is 2. The standard InChI is InChI=1S/C25H28O3/c1-25-15-22-17(13-19(25)9-12-23(25)26)7-8-18-14-20(10-11-21(18)22)28-24(27)16-5-3-2-4-6-16/h2-6,10-11,14,17,19,22-23,26H,7-9,12-13,15H2,1H3/t17-,19+,22-,23+,25+/m1/s1. The van der Waals surface area contributed by atoms with Gasteiger partial charge in [0.05, 0.1) is 11.7 Å². The molecular formula is C25H28O3. The SMILES string of the molecule is C[C@]12C[C@H]3c4ccc(OC(=O)c5ccccc5)cc4CC[C@@H]3C[C@@H]1CC[C@@H]2O. The Balaban J connectivity index is 1.39. The normalized spacial score (nSPS) is 33.5. The van der Waals surface area contributed by atoms with E-state index in [9.17, 15) is 9.90 Å². The Morgan fingerprint density at radius 2 is 1.93 bits per heavy atom. The molecule has 0 aliphatic heterocycles. The van der Waals surface area contributed by atoms with Crippen molar-refractivity contribution >= 4 is 5.97 Å². The summed E-state index contributed by atoms with van der Waals surface area (Å²) in [5.41, 5.74) is 3.36. The summed E-state index contributed by atoms with van der Waals surface area (Å²) in [6, 6.07) is 15.3. The average Bonchev–Trinajstić information content (AvgIpc) is 3.00. The number of hydrogen-bond donors (Lipinski definition) is 1. The molecule has 146 valence electrons. The van der Waals surface area contributed by atoms with Crippen molar-refractivity contribution < 1.29 is 14.6 Å². The van der Waals surface area contributed by atoms with Gasteiger partial charge in [0.2, 0.25) is 0 Å². The number of aryl methyl sites for hydroxylation is 1. The van der Waals surface area contributed by atoms with Crippen molar-refractivity contribution in [2.45, 2.75) is 57.5 Å². The van der Waals surface area contributed by atoms with Gasteiger partial charge < -0.3 is 9.84 Å². The Labute approximate surface area is 166 Å². The van der Waals surface area contributed by atoms with E-state index in [2.05, 4.69) is 19.1 Å². The third kappa shape index (κ3) is 2.88. The van der Waals surface area contributed by atoms with Crippen LogP contribution in [0.4, 0.5) is 0 Å². The van der Waals surface area contributed by atoms with Gasteiger partial charge >= 0.3 is 5.97 Å². The summed E-state index contributed by atoms with van der Waals surface area (Å²) < 4.78 is 5.63. The van der Waals surface area contributed by atoms with Crippen LogP contribution in [0.25, 0.3) is 0 Å². The summed E-state index contributed by atoms with van der Waals surface area (Å²) in [6.07, 6.45) is 6.58. The summed E-state index contributed by atoms with van der Waals surface area (Å²) in [6.45, 7) is 2.30. The third-order valence-corrected chi connectivity index (χ3v) is 7.82. The zero-order valence-corrected chi connectivity index (χ0v) is 16.4. The second-order valence-electron chi connectivity index (χ2n) is 9.26. The summed E-state index contributed by atoms with van der Waals surface area (Å²) >= 11 is 0. The molecule has 0 bridgehead atoms. The summed E-state index contributed by atoms with van der Waals surface area (Å²) in [7, 11) is 0. The molecule has 1 N–H and O–H groups in total. The largest absolute Gasteiger partial charge is 0.423 e. The molecule has 0 aromatic heterocycles. The molecule has 2 aromatic carbocycles. The number of hydrogen-bond acceptors (Lipinski definition) is 3. The molecule has 0 amide bonds. The van der Waals surface area contributed by atoms with E-state index in [1.54, 1.807) is 12.1 Å². The number of benzene rings is 2. The molecule has 5 rings (SSSR count). The van der Waals surface area contributed by atoms with Crippen molar-refractivity contribution in [1.82, 2.24) is 0 Å². The van der Waals surface area contributed by atoms with Crippen LogP contribution in [0.15, 0.2) is 48.5 Å². The fourth-order valence-electron chi connectivity index (χ4n) is 6.14. The van der Waals surface area contributed by atoms with Gasteiger partial charge in [-0.05, 0) is 97.1 Å². The minimum Gasteiger partial charge on any atom is -0.423 e. The molecule has 0 radical (unpaired) electrons. The molecule has 28 heavy (non-hydrogen) atoms. The van der Waals surface area contributed by atoms with E-state index in [0.29, 0.717) is 23.1 Å². The minimum atomic E-state index is -0.309. The highest BCUT2D eigenvalue weighted by Gasteiger charge is 2.52. The van der Waals surface area contributed by atoms with Crippen LogP contribution >= 0.6 is 0 Å². The zero-order chi connectivity index (χ0) is 19.3. The van der Waals surface area contributed by atoms with Gasteiger partial charge in [-0.15, -0.1) is 0 Å². The first kappa shape index (κ1) is 17.9. The van der Waals surface area contributed by atoms with Crippen LogP contribution in [0.2, 0.25) is 0 Å². The lowest BCUT2D eigenvalue weighted by Gasteiger charge is -2.49. The molecule has 2 fully saturated rings. The van der Waals surface area contributed by atoms with Gasteiger partial charge in [0.25, 0.3) is 0 Å². The van der Waals surface area contributed by atoms with E-state index in [1.165, 1.54) is 30.4 Å². The highest BCUT2D eigenvalue weighted by Crippen LogP contribution is 2.60. The number of aliphatic hydroxyl groups is 1. The van der Waals surface area contributed by atoms with E-state index in [-0.39, 0.29) is 17.5 Å². The van der Waals surface area contributed by atoms with Gasteiger partial charge in [-0.1, -0.05) is 31.2 Å². The predicted octanol–water partition coefficient (Wildman–Crippen LogP) is 5.12. The van der Waals surface area contributed by atoms with Crippen LogP contribution in [-0.2, 0) is 6.42 Å². The van der Waals surface area contributed by atoms with E-state index in [0.717, 1.165) is 25.2 Å². The van der Waals surface area contributed by atoms with Crippen molar-refractivity contribution in [2.24, 2.45) is 17.3 Å². The van der Waals surface area contributed by atoms with Gasteiger partial charge in [0, 0.05) is 0 Å². The molecule has 0 unspecified atom stereocenters. The van der Waals surface area contributed by atoms with Crippen molar-refractivity contribution in [2.75, 3.05) is 0 Å². The first-order valence-electron chi connectivity index (χ1n) is 10.6. The average molecular weight is 376 g/mol. The molecule has 3 nitrogen and oxygen atoms in total. The molecule has 2 saturated carbocycles. The van der Waals surface area contributed by atoms with Gasteiger partial charge in [-0.25, -0.2) is 4.79 Å². The lowest BCUT2D eigenvalue weighted by Crippen LogP contribution is -2.42. The van der Waals surface area contributed by atoms with Crippen LogP contribution in [0.3, 0.4) is 0 Å². The van der Waals surface area contributed by atoms with Gasteiger partial charge in [0.15, 0.2) is 0 Å². The molecule has 0 spiro atoms. The first-order chi connectivity index (χ1) is 13.5. The quantitative estimate of drug-likeness (QED) is 0.584. The summed E-state index contributed by atoms with van der Waals surface area (Å²) in [5, 5.41) is 10.6. The van der Waals surface area contributed by atoms with E-state index in [1.807, 2.05) is 24.3 Å². The Morgan fingerprint density at radius 1 is 1.11 bits per heavy atom. The summed E-state index contributed by atoms with van der Waals surface area (Å²) in [5.74, 6) is 2.25. The molecule has 0 saturated heterocycles. The topological polar surface area (TPSA) is 46.5 Å². The van der Waals surface area contributed by atoms with Gasteiger partial charge in [-0.3, -0.25) is 0 Å². The monoisotopic (exact) mass is 376 g/mol. The smallest absolute Gasteiger partial charge is 0.343 e. The number of fused-ring (bicyclic) bond motifs is 4. The lowest BCUT2D eigenvalue weighted by molar-refractivity contribution is -0.0132. The second-order valence-corrected chi connectivity index (χ2v) is 9.26. The maximum atomic E-state index is 12.4. The fourth-order valence-corrected chi connectivity index (χ4v) is 6.14. The van der Waals surface area contributed by atoms with Crippen LogP contribution in [0.5, 0.6) is 5.75 Å². The van der Waals surface area contributed by atoms with Crippen molar-refractivity contribution in [3.05, 3.63) is 65.2 Å². The highest BCUT2D eigenvalue weighted by atomic mass is 16.5. The van der Waals surface area contributed by atoms with Crippen molar-refractivity contribution in [1.29, 1.82) is 0 Å². The van der Waals surface area contributed by atoms with Crippen LogP contribution in [0.1, 0.15) is 66.4 Å². The number of carbonyl (C=O) groups is 1. The minimum absolute atomic E-state index is 0.0637. The lowest BCUT2D eigenvalue weighted by atomic mass is 9.56. The fraction of sp³-hybridized carbons (Fsp3) is 0.480. The second kappa shape index (κ2) is 6.73. The Kier molecular flexibility index (Phi) is 4.31. The molecule has 0 heterocycles. The first-order valence-corrected chi connectivity index (χ1v) is 10.6. The van der Waals surface area contributed by atoms with E-state index < -0.39 is 0 Å². The Morgan fingerprint density at radius 3 is 2.75 bits per heavy atom. The number of esters is 1. The maximum absolute atomic E-state index is 12.4. The van der Waals surface area contributed by atoms with Gasteiger partial charge in [-0.2, -0.15) is 0 Å². The van der Waals surface area contributed by atoms with Crippen LogP contribution in [-0.4, -0.2) is 17.2 Å². The maximum Gasteiger partial charge on any atom is 0.343 e. The van der Waals surface area contributed by atoms with Crippen LogP contribution < -0.4 is 4.74 Å². The number of carbonyl (C=O) groups excluding carboxylic acids is 1. The van der Waals surface area contributed by atoms with Crippen molar-refractivity contribution in [3.63, 3.8) is 0 Å². The molecular weight excluding hydrogens is 348 g/mol. The van der Waals surface area contributed by atoms with Crippen LogP contribution in [0, 0.1) is 17.3 Å². The molecule has 3 aliphatic rings. The van der Waals surface area contributed by atoms with E-state index >= 15 is 0 Å². The molecule has 3 aliphatic carbocycles. The van der Waals surface area contributed by atoms with Gasteiger partial charge in [0.1, 0.15) is 5.75 Å². The van der Waals surface area contributed by atoms with E-state index in [4.69, 9.17) is 4.74 Å². The zero-order valence-electron chi connectivity index (χ0n) is 16.4.